The van der Waals surface area contributed by atoms with E-state index in [0.717, 1.165) is 70.8 Å². The van der Waals surface area contributed by atoms with Gasteiger partial charge in [0.25, 0.3) is 12.2 Å². The SMILES string of the molecule is CN(C)CCn1nnnc1SCC1=C(C(=O)OC(OC(=O)C2CCCCC2)C2CCCCC2)N2C(=O)C(NC(=O)Cc3csc(N)n3)[C@@H]2SC1. The average molecular weight is 748 g/mol. The van der Waals surface area contributed by atoms with Crippen LogP contribution in [0.2, 0.25) is 0 Å². The van der Waals surface area contributed by atoms with Gasteiger partial charge < -0.3 is 25.4 Å². The number of thiazole rings is 1. The van der Waals surface area contributed by atoms with Crippen molar-refractivity contribution in [2.45, 2.75) is 100 Å². The molecule has 2 aromatic heterocycles. The first-order chi connectivity index (χ1) is 24.2. The van der Waals surface area contributed by atoms with E-state index >= 15 is 0 Å². The standard InChI is InChI=1S/C32H45N9O6S3/c1-39(2)13-14-40-32(36-37-38-40)50-17-21-16-48-27-24(35-23(42)15-22-18-49-31(33)34-22)26(43)41(27)25(21)29(45)47-30(20-11-7-4-8-12-20)46-28(44)19-9-5-3-6-10-19/h18-20,24,27,30H,3-17H2,1-2H3,(H2,33,34)(H,35,42)/t24?,27-,30?/m0/s1. The molecule has 0 spiro atoms. The number of β-lactam (4-membered cyclic amide) rings is 1. The summed E-state index contributed by atoms with van der Waals surface area (Å²) >= 11 is 4.08. The van der Waals surface area contributed by atoms with Gasteiger partial charge in [-0.3, -0.25) is 19.3 Å². The molecular weight excluding hydrogens is 703 g/mol. The van der Waals surface area contributed by atoms with E-state index in [2.05, 4.69) is 25.8 Å². The van der Waals surface area contributed by atoms with Crippen LogP contribution in [0.15, 0.2) is 21.8 Å². The van der Waals surface area contributed by atoms with Gasteiger partial charge in [0.2, 0.25) is 11.1 Å². The third-order valence-corrected chi connectivity index (χ3v) is 12.6. The van der Waals surface area contributed by atoms with Crippen LogP contribution in [0, 0.1) is 11.8 Å². The minimum atomic E-state index is -1.04. The molecule has 50 heavy (non-hydrogen) atoms. The van der Waals surface area contributed by atoms with Gasteiger partial charge in [-0.25, -0.2) is 14.5 Å². The molecule has 18 heteroatoms. The Labute approximate surface area is 303 Å². The molecule has 3 atom stereocenters. The van der Waals surface area contributed by atoms with E-state index in [1.165, 1.54) is 39.8 Å². The van der Waals surface area contributed by atoms with Crippen molar-refractivity contribution in [1.82, 2.24) is 40.3 Å². The van der Waals surface area contributed by atoms with Crippen molar-refractivity contribution in [1.29, 1.82) is 0 Å². The number of carbonyl (C=O) groups is 4. The maximum Gasteiger partial charge on any atom is 0.358 e. The number of carbonyl (C=O) groups excluding carboxylic acids is 4. The summed E-state index contributed by atoms with van der Waals surface area (Å²) in [7, 11) is 3.94. The number of amides is 2. The van der Waals surface area contributed by atoms with Crippen molar-refractivity contribution < 1.29 is 28.7 Å². The normalized spacial score (nSPS) is 22.2. The first-order valence-electron chi connectivity index (χ1n) is 17.3. The van der Waals surface area contributed by atoms with E-state index < -0.39 is 29.6 Å². The third-order valence-electron chi connectivity index (χ3n) is 9.53. The van der Waals surface area contributed by atoms with Crippen molar-refractivity contribution in [3.63, 3.8) is 0 Å². The van der Waals surface area contributed by atoms with Gasteiger partial charge in [-0.1, -0.05) is 50.3 Å². The molecule has 2 saturated carbocycles. The number of ether oxygens (including phenoxy) is 2. The molecule has 0 aromatic carbocycles. The molecule has 2 amide bonds. The minimum Gasteiger partial charge on any atom is -0.425 e. The summed E-state index contributed by atoms with van der Waals surface area (Å²) in [4.78, 5) is 61.8. The predicted molar refractivity (Wildman–Crippen MR) is 188 cm³/mol. The summed E-state index contributed by atoms with van der Waals surface area (Å²) in [6.07, 6.45) is 8.13. The number of esters is 2. The van der Waals surface area contributed by atoms with Crippen LogP contribution < -0.4 is 11.1 Å². The van der Waals surface area contributed by atoms with E-state index in [4.69, 9.17) is 15.2 Å². The van der Waals surface area contributed by atoms with E-state index in [-0.39, 0.29) is 35.8 Å². The Morgan fingerprint density at radius 2 is 1.84 bits per heavy atom. The summed E-state index contributed by atoms with van der Waals surface area (Å²) in [5.41, 5.74) is 7.05. The molecule has 0 bridgehead atoms. The van der Waals surface area contributed by atoms with Gasteiger partial charge in [0.15, 0.2) is 5.13 Å². The van der Waals surface area contributed by atoms with Gasteiger partial charge in [0, 0.05) is 29.3 Å². The fraction of sp³-hybridized carbons (Fsp3) is 0.688. The minimum absolute atomic E-state index is 0.0144. The summed E-state index contributed by atoms with van der Waals surface area (Å²) in [5.74, 6) is -1.37. The van der Waals surface area contributed by atoms with E-state index in [9.17, 15) is 19.2 Å². The molecule has 2 aliphatic carbocycles. The lowest BCUT2D eigenvalue weighted by Gasteiger charge is -2.50. The number of anilines is 1. The number of thioether (sulfide) groups is 2. The number of fused-ring (bicyclic) bond motifs is 1. The Hall–Kier alpha value is -3.22. The Morgan fingerprint density at radius 1 is 1.10 bits per heavy atom. The maximum absolute atomic E-state index is 14.3. The number of nitrogens with zero attached hydrogens (tertiary/aromatic N) is 7. The van der Waals surface area contributed by atoms with Gasteiger partial charge in [-0.2, -0.15) is 0 Å². The fourth-order valence-corrected chi connectivity index (χ4v) is 9.75. The molecule has 3 fully saturated rings. The Bertz CT molecular complexity index is 1570. The van der Waals surface area contributed by atoms with Crippen LogP contribution in [0.1, 0.15) is 69.9 Å². The predicted octanol–water partition coefficient (Wildman–Crippen LogP) is 2.84. The smallest absolute Gasteiger partial charge is 0.358 e. The number of nitrogens with two attached hydrogens (primary N) is 1. The van der Waals surface area contributed by atoms with Gasteiger partial charge in [-0.05, 0) is 55.8 Å². The zero-order valence-corrected chi connectivity index (χ0v) is 30.9. The van der Waals surface area contributed by atoms with Crippen molar-refractivity contribution in [3.8, 4) is 0 Å². The number of nitrogen functional groups attached to an aromatic ring is 1. The summed E-state index contributed by atoms with van der Waals surface area (Å²) in [6, 6.07) is -0.822. The molecule has 1 saturated heterocycles. The van der Waals surface area contributed by atoms with E-state index in [0.29, 0.717) is 39.6 Å². The monoisotopic (exact) mass is 747 g/mol. The lowest BCUT2D eigenvalue weighted by molar-refractivity contribution is -0.203. The van der Waals surface area contributed by atoms with E-state index in [1.807, 2.05) is 19.0 Å². The molecule has 2 aromatic rings. The second kappa shape index (κ2) is 16.9. The first-order valence-corrected chi connectivity index (χ1v) is 20.2. The molecular formula is C32H45N9O6S3. The Balaban J connectivity index is 1.22. The van der Waals surface area contributed by atoms with Crippen LogP contribution in [0.5, 0.6) is 0 Å². The molecule has 272 valence electrons. The van der Waals surface area contributed by atoms with Crippen molar-refractivity contribution >= 4 is 63.7 Å². The van der Waals surface area contributed by atoms with Crippen molar-refractivity contribution in [2.75, 3.05) is 37.9 Å². The maximum atomic E-state index is 14.3. The van der Waals surface area contributed by atoms with Gasteiger partial charge in [-0.15, -0.1) is 28.2 Å². The average Bonchev–Trinajstić information content (AvgIpc) is 3.76. The molecule has 6 rings (SSSR count). The van der Waals surface area contributed by atoms with Crippen LogP contribution in [-0.2, 0) is 41.6 Å². The summed E-state index contributed by atoms with van der Waals surface area (Å²) in [6.45, 7) is 1.33. The molecule has 4 aliphatic rings. The highest BCUT2D eigenvalue weighted by Gasteiger charge is 2.55. The molecule has 2 unspecified atom stereocenters. The van der Waals surface area contributed by atoms with Gasteiger partial charge in [0.05, 0.1) is 24.6 Å². The molecule has 4 heterocycles. The molecule has 0 radical (unpaired) electrons. The number of aromatic nitrogens is 5. The van der Waals surface area contributed by atoms with Gasteiger partial charge in [0.1, 0.15) is 17.1 Å². The summed E-state index contributed by atoms with van der Waals surface area (Å²) < 4.78 is 13.9. The Morgan fingerprint density at radius 3 is 2.54 bits per heavy atom. The highest BCUT2D eigenvalue weighted by atomic mass is 32.2. The largest absolute Gasteiger partial charge is 0.425 e. The number of nitrogens with one attached hydrogen (secondary N) is 1. The Kier molecular flexibility index (Phi) is 12.3. The zero-order chi connectivity index (χ0) is 35.2. The van der Waals surface area contributed by atoms with Crippen LogP contribution in [0.3, 0.4) is 0 Å². The second-order valence-corrected chi connectivity index (χ2v) is 16.4. The summed E-state index contributed by atoms with van der Waals surface area (Å²) in [5, 5.41) is 17.1. The lowest BCUT2D eigenvalue weighted by Crippen LogP contribution is -2.70. The molecule has 15 nitrogen and oxygen atoms in total. The van der Waals surface area contributed by atoms with Crippen LogP contribution >= 0.6 is 34.9 Å². The number of hydrogen-bond donors (Lipinski definition) is 2. The van der Waals surface area contributed by atoms with E-state index in [1.54, 1.807) is 10.1 Å². The second-order valence-electron chi connectivity index (χ2n) is 13.5. The highest BCUT2D eigenvalue weighted by Crippen LogP contribution is 2.42. The van der Waals surface area contributed by atoms with Crippen LogP contribution in [0.4, 0.5) is 5.13 Å². The number of hydrogen-bond acceptors (Lipinski definition) is 15. The van der Waals surface area contributed by atoms with Crippen LogP contribution in [-0.4, -0.2) is 109 Å². The topological polar surface area (TPSA) is 188 Å². The quantitative estimate of drug-likeness (QED) is 0.124. The van der Waals surface area contributed by atoms with Gasteiger partial charge >= 0.3 is 11.9 Å². The first kappa shape index (κ1) is 36.6. The molecule has 2 aliphatic heterocycles. The van der Waals surface area contributed by atoms with Crippen LogP contribution in [0.25, 0.3) is 0 Å². The highest BCUT2D eigenvalue weighted by molar-refractivity contribution is 8.01. The lowest BCUT2D eigenvalue weighted by atomic mass is 9.88. The molecule has 3 N–H and O–H groups in total. The third kappa shape index (κ3) is 8.80. The number of likely N-dealkylation sites (N-methyl/N-ethyl adjacent to an activating group) is 1. The number of tetrazole rings is 1. The fourth-order valence-electron chi connectivity index (χ4n) is 6.80. The van der Waals surface area contributed by atoms with Crippen molar-refractivity contribution in [2.24, 2.45) is 11.8 Å². The van der Waals surface area contributed by atoms with Crippen molar-refractivity contribution in [3.05, 3.63) is 22.3 Å². The number of rotatable bonds is 14. The zero-order valence-electron chi connectivity index (χ0n) is 28.5.